The van der Waals surface area contributed by atoms with Crippen LogP contribution in [0.5, 0.6) is 0 Å². The van der Waals surface area contributed by atoms with E-state index in [-0.39, 0.29) is 17.4 Å². The highest BCUT2D eigenvalue weighted by Gasteiger charge is 2.38. The Bertz CT molecular complexity index is 242. The summed E-state index contributed by atoms with van der Waals surface area (Å²) in [4.78, 5) is 16.3. The summed E-state index contributed by atoms with van der Waals surface area (Å²) in [7, 11) is 0. The van der Waals surface area contributed by atoms with Crippen molar-refractivity contribution < 1.29 is 9.63 Å². The molecule has 0 unspecified atom stereocenters. The molecule has 1 saturated carbocycles. The Kier molecular flexibility index (Phi) is 2.00. The highest BCUT2D eigenvalue weighted by molar-refractivity contribution is 5.76. The van der Waals surface area contributed by atoms with E-state index >= 15 is 0 Å². The van der Waals surface area contributed by atoms with Gasteiger partial charge in [-0.05, 0) is 31.8 Å². The molecular weight excluding hydrogens is 168 g/mol. The molecule has 0 atom stereocenters. The van der Waals surface area contributed by atoms with Gasteiger partial charge in [0, 0.05) is 12.1 Å². The zero-order valence-electron chi connectivity index (χ0n) is 7.45. The normalized spacial score (nSPS) is 37.7. The average Bonchev–Trinajstić information content (AvgIpc) is 2.54. The first kappa shape index (κ1) is 8.56. The van der Waals surface area contributed by atoms with Gasteiger partial charge in [-0.2, -0.15) is 0 Å². The Hall–Kier alpha value is -1.03. The molecule has 1 amide bonds. The van der Waals surface area contributed by atoms with Gasteiger partial charge in [-0.1, -0.05) is 0 Å². The molecule has 13 heavy (non-hydrogen) atoms. The van der Waals surface area contributed by atoms with E-state index in [1.165, 1.54) is 0 Å². The van der Waals surface area contributed by atoms with Gasteiger partial charge < -0.3 is 5.73 Å². The van der Waals surface area contributed by atoms with E-state index in [9.17, 15) is 4.79 Å². The molecule has 4 nitrogen and oxygen atoms in total. The second kappa shape index (κ2) is 3.03. The lowest BCUT2D eigenvalue weighted by Crippen LogP contribution is -2.38. The smallest absolute Gasteiger partial charge is 0.220 e. The highest BCUT2D eigenvalue weighted by atomic mass is 16.7. The quantitative estimate of drug-likeness (QED) is 0.618. The number of carbonyl (C=O) groups excluding carboxylic acids is 1. The molecule has 3 N–H and O–H groups in total. The SMILES string of the molecule is NC(=O)C1CCC2(C=CNO2)CC1. The third-order valence-electron chi connectivity index (χ3n) is 2.95. The summed E-state index contributed by atoms with van der Waals surface area (Å²) in [5.74, 6) is -0.131. The first-order valence-electron chi connectivity index (χ1n) is 4.62. The number of rotatable bonds is 1. The van der Waals surface area contributed by atoms with Crippen molar-refractivity contribution in [2.45, 2.75) is 31.3 Å². The third-order valence-corrected chi connectivity index (χ3v) is 2.95. The van der Waals surface area contributed by atoms with E-state index in [1.54, 1.807) is 0 Å². The Morgan fingerprint density at radius 3 is 2.69 bits per heavy atom. The van der Waals surface area contributed by atoms with Crippen molar-refractivity contribution in [3.63, 3.8) is 0 Å². The van der Waals surface area contributed by atoms with Crippen LogP contribution in [0.2, 0.25) is 0 Å². The lowest BCUT2D eigenvalue weighted by Gasteiger charge is -2.32. The molecule has 1 heterocycles. The van der Waals surface area contributed by atoms with Crippen LogP contribution in [0.1, 0.15) is 25.7 Å². The van der Waals surface area contributed by atoms with Gasteiger partial charge in [0.25, 0.3) is 0 Å². The van der Waals surface area contributed by atoms with E-state index < -0.39 is 0 Å². The maximum atomic E-state index is 10.9. The van der Waals surface area contributed by atoms with Crippen LogP contribution in [0.15, 0.2) is 12.3 Å². The minimum atomic E-state index is -0.176. The predicted molar refractivity (Wildman–Crippen MR) is 47.2 cm³/mol. The Morgan fingerprint density at radius 1 is 1.54 bits per heavy atom. The van der Waals surface area contributed by atoms with Gasteiger partial charge in [0.2, 0.25) is 5.91 Å². The first-order chi connectivity index (χ1) is 6.22. The third kappa shape index (κ3) is 1.54. The van der Waals surface area contributed by atoms with E-state index in [0.29, 0.717) is 0 Å². The van der Waals surface area contributed by atoms with Crippen molar-refractivity contribution in [3.05, 3.63) is 12.3 Å². The largest absolute Gasteiger partial charge is 0.369 e. The van der Waals surface area contributed by atoms with E-state index in [1.807, 2.05) is 12.3 Å². The Balaban J connectivity index is 1.96. The summed E-state index contributed by atoms with van der Waals surface area (Å²) in [5.41, 5.74) is 7.81. The molecule has 0 bridgehead atoms. The van der Waals surface area contributed by atoms with E-state index in [0.717, 1.165) is 25.7 Å². The number of carbonyl (C=O) groups is 1. The molecule has 0 aromatic heterocycles. The molecule has 2 rings (SSSR count). The summed E-state index contributed by atoms with van der Waals surface area (Å²) in [6.07, 6.45) is 7.27. The number of primary amides is 1. The second-order valence-corrected chi connectivity index (χ2v) is 3.79. The fourth-order valence-corrected chi connectivity index (χ4v) is 2.03. The molecule has 72 valence electrons. The van der Waals surface area contributed by atoms with Crippen molar-refractivity contribution in [1.82, 2.24) is 5.48 Å². The van der Waals surface area contributed by atoms with Crippen molar-refractivity contribution in [3.8, 4) is 0 Å². The van der Waals surface area contributed by atoms with Crippen molar-refractivity contribution in [2.75, 3.05) is 0 Å². The van der Waals surface area contributed by atoms with E-state index in [2.05, 4.69) is 5.48 Å². The summed E-state index contributed by atoms with van der Waals surface area (Å²) in [5, 5.41) is 0. The molecule has 1 aliphatic heterocycles. The van der Waals surface area contributed by atoms with Crippen molar-refractivity contribution >= 4 is 5.91 Å². The molecule has 1 aliphatic carbocycles. The van der Waals surface area contributed by atoms with Gasteiger partial charge in [0.15, 0.2) is 0 Å². The fourth-order valence-electron chi connectivity index (χ4n) is 2.03. The van der Waals surface area contributed by atoms with Crippen LogP contribution >= 0.6 is 0 Å². The molecule has 0 radical (unpaired) electrons. The zero-order chi connectivity index (χ0) is 9.31. The maximum absolute atomic E-state index is 10.9. The van der Waals surface area contributed by atoms with Crippen LogP contribution in [0.25, 0.3) is 0 Å². The fraction of sp³-hybridized carbons (Fsp3) is 0.667. The van der Waals surface area contributed by atoms with Gasteiger partial charge in [0.05, 0.1) is 0 Å². The number of amides is 1. The van der Waals surface area contributed by atoms with Crippen molar-refractivity contribution in [1.29, 1.82) is 0 Å². The lowest BCUT2D eigenvalue weighted by atomic mass is 9.79. The number of hydrogen-bond acceptors (Lipinski definition) is 3. The van der Waals surface area contributed by atoms with Crippen molar-refractivity contribution in [2.24, 2.45) is 11.7 Å². The maximum Gasteiger partial charge on any atom is 0.220 e. The van der Waals surface area contributed by atoms with Crippen LogP contribution in [0.3, 0.4) is 0 Å². The molecule has 1 fully saturated rings. The standard InChI is InChI=1S/C9H14N2O2/c10-8(12)7-1-3-9(4-2-7)5-6-11-13-9/h5-7,11H,1-4H2,(H2,10,12). The van der Waals surface area contributed by atoms with Gasteiger partial charge in [-0.25, -0.2) is 0 Å². The number of hydrogen-bond donors (Lipinski definition) is 2. The molecule has 1 spiro atoms. The molecular formula is C9H14N2O2. The topological polar surface area (TPSA) is 64.4 Å². The molecule has 0 aromatic carbocycles. The van der Waals surface area contributed by atoms with E-state index in [4.69, 9.17) is 10.6 Å². The molecule has 2 aliphatic rings. The number of nitrogens with one attached hydrogen (secondary N) is 1. The second-order valence-electron chi connectivity index (χ2n) is 3.79. The Labute approximate surface area is 77.1 Å². The van der Waals surface area contributed by atoms with Gasteiger partial charge in [-0.3, -0.25) is 15.1 Å². The summed E-state index contributed by atoms with van der Waals surface area (Å²) in [6, 6.07) is 0. The number of hydroxylamine groups is 1. The molecule has 0 saturated heterocycles. The molecule has 4 heteroatoms. The molecule has 0 aromatic rings. The van der Waals surface area contributed by atoms with Crippen LogP contribution in [-0.4, -0.2) is 11.5 Å². The van der Waals surface area contributed by atoms with Gasteiger partial charge in [0.1, 0.15) is 5.60 Å². The monoisotopic (exact) mass is 182 g/mol. The number of nitrogens with two attached hydrogens (primary N) is 1. The highest BCUT2D eigenvalue weighted by Crippen LogP contribution is 2.36. The predicted octanol–water partition coefficient (Wildman–Crippen LogP) is 0.449. The average molecular weight is 182 g/mol. The van der Waals surface area contributed by atoms with Crippen LogP contribution in [0.4, 0.5) is 0 Å². The first-order valence-corrected chi connectivity index (χ1v) is 4.62. The van der Waals surface area contributed by atoms with Crippen LogP contribution < -0.4 is 11.2 Å². The van der Waals surface area contributed by atoms with Crippen LogP contribution in [-0.2, 0) is 9.63 Å². The van der Waals surface area contributed by atoms with Crippen LogP contribution in [0, 0.1) is 5.92 Å². The zero-order valence-corrected chi connectivity index (χ0v) is 7.45. The summed E-state index contributed by atoms with van der Waals surface area (Å²) < 4.78 is 0. The van der Waals surface area contributed by atoms with Gasteiger partial charge in [-0.15, -0.1) is 0 Å². The Morgan fingerprint density at radius 2 is 2.23 bits per heavy atom. The lowest BCUT2D eigenvalue weighted by molar-refractivity contribution is -0.125. The summed E-state index contributed by atoms with van der Waals surface area (Å²) in [6.45, 7) is 0. The minimum absolute atomic E-state index is 0.0447. The summed E-state index contributed by atoms with van der Waals surface area (Å²) >= 11 is 0. The minimum Gasteiger partial charge on any atom is -0.369 e. The van der Waals surface area contributed by atoms with Gasteiger partial charge >= 0.3 is 0 Å².